The van der Waals surface area contributed by atoms with E-state index in [1.165, 1.54) is 5.56 Å². The van der Waals surface area contributed by atoms with Crippen molar-refractivity contribution < 1.29 is 24.2 Å². The topological polar surface area (TPSA) is 76.1 Å². The van der Waals surface area contributed by atoms with E-state index in [4.69, 9.17) is 14.6 Å². The summed E-state index contributed by atoms with van der Waals surface area (Å²) in [5.74, 6) is 0.0200. The second-order valence-corrected chi connectivity index (χ2v) is 7.14. The Morgan fingerprint density at radius 1 is 1.28 bits per heavy atom. The fraction of sp³-hybridized carbons (Fsp3) is 0.579. The van der Waals surface area contributed by atoms with Crippen molar-refractivity contribution in [1.82, 2.24) is 4.90 Å². The van der Waals surface area contributed by atoms with Crippen molar-refractivity contribution >= 4 is 11.9 Å². The number of ether oxygens (including phenoxy) is 2. The highest BCUT2D eigenvalue weighted by atomic mass is 16.5. The molecular weight excluding hydrogens is 322 g/mol. The number of nitrogens with zero attached hydrogens (tertiary/aromatic N) is 1. The minimum Gasteiger partial charge on any atom is -0.497 e. The molecule has 0 bridgehead atoms. The maximum absolute atomic E-state index is 12.6. The van der Waals surface area contributed by atoms with Crippen LogP contribution in [-0.2, 0) is 14.3 Å². The number of methoxy groups -OCH3 is 1. The zero-order valence-electron chi connectivity index (χ0n) is 14.8. The highest BCUT2D eigenvalue weighted by Gasteiger charge is 2.44. The number of aliphatic carboxylic acids is 1. The molecule has 1 saturated heterocycles. The molecule has 1 aromatic rings. The lowest BCUT2D eigenvalue weighted by atomic mass is 9.75. The van der Waals surface area contributed by atoms with Gasteiger partial charge in [-0.3, -0.25) is 4.79 Å². The quantitative estimate of drug-likeness (QED) is 0.884. The van der Waals surface area contributed by atoms with Gasteiger partial charge in [0.05, 0.1) is 7.11 Å². The second kappa shape index (κ2) is 7.04. The third-order valence-corrected chi connectivity index (χ3v) is 5.51. The summed E-state index contributed by atoms with van der Waals surface area (Å²) >= 11 is 0. The molecule has 0 spiro atoms. The van der Waals surface area contributed by atoms with Crippen LogP contribution in [0.1, 0.15) is 37.7 Å². The molecule has 0 aromatic heterocycles. The molecule has 6 heteroatoms. The molecule has 3 rings (SSSR count). The van der Waals surface area contributed by atoms with Crippen molar-refractivity contribution in [1.29, 1.82) is 0 Å². The molecule has 1 N–H and O–H groups in total. The van der Waals surface area contributed by atoms with Crippen LogP contribution >= 0.6 is 0 Å². The lowest BCUT2D eigenvalue weighted by Gasteiger charge is -2.42. The molecule has 0 unspecified atom stereocenters. The van der Waals surface area contributed by atoms with E-state index in [1.54, 1.807) is 19.1 Å². The Hall–Kier alpha value is -2.08. The van der Waals surface area contributed by atoms with Crippen molar-refractivity contribution in [2.75, 3.05) is 14.2 Å². The molecule has 2 aliphatic rings. The molecule has 3 atom stereocenters. The average Bonchev–Trinajstić information content (AvgIpc) is 2.95. The number of carboxylic acids is 1. The first kappa shape index (κ1) is 17.7. The fourth-order valence-corrected chi connectivity index (χ4v) is 3.77. The van der Waals surface area contributed by atoms with Crippen LogP contribution in [0.15, 0.2) is 24.3 Å². The Labute approximate surface area is 147 Å². The summed E-state index contributed by atoms with van der Waals surface area (Å²) < 4.78 is 10.7. The lowest BCUT2D eigenvalue weighted by molar-refractivity contribution is -0.156. The second-order valence-electron chi connectivity index (χ2n) is 7.14. The number of hydrogen-bond acceptors (Lipinski definition) is 4. The van der Waals surface area contributed by atoms with Gasteiger partial charge in [0.1, 0.15) is 11.9 Å². The Balaban J connectivity index is 1.55. The van der Waals surface area contributed by atoms with Gasteiger partial charge >= 0.3 is 5.97 Å². The van der Waals surface area contributed by atoms with Crippen LogP contribution in [0.4, 0.5) is 0 Å². The van der Waals surface area contributed by atoms with Gasteiger partial charge in [-0.2, -0.15) is 0 Å². The molecule has 2 fully saturated rings. The normalized spacial score (nSPS) is 31.2. The monoisotopic (exact) mass is 347 g/mol. The van der Waals surface area contributed by atoms with Gasteiger partial charge in [0.15, 0.2) is 6.10 Å². The highest BCUT2D eigenvalue weighted by Crippen LogP contribution is 2.41. The third-order valence-electron chi connectivity index (χ3n) is 5.51. The van der Waals surface area contributed by atoms with Gasteiger partial charge < -0.3 is 19.5 Å². The van der Waals surface area contributed by atoms with Crippen molar-refractivity contribution in [2.24, 2.45) is 5.92 Å². The first-order valence-electron chi connectivity index (χ1n) is 8.69. The van der Waals surface area contributed by atoms with Crippen molar-refractivity contribution in [3.05, 3.63) is 29.8 Å². The molecule has 6 nitrogen and oxygen atoms in total. The number of carbonyl (C=O) groups is 2. The number of benzene rings is 1. The molecular formula is C19H25NO5. The number of hydrogen-bond donors (Lipinski definition) is 1. The van der Waals surface area contributed by atoms with Crippen LogP contribution in [0.3, 0.4) is 0 Å². The van der Waals surface area contributed by atoms with Crippen molar-refractivity contribution in [2.45, 2.75) is 50.4 Å². The van der Waals surface area contributed by atoms with E-state index in [9.17, 15) is 9.59 Å². The SMILES string of the molecule is COc1cccc(C2CC(N(C)C(=O)[C@@H]3C[C@H](C)[C@@H](C(=O)O)O3)C2)c1. The summed E-state index contributed by atoms with van der Waals surface area (Å²) in [5, 5.41) is 9.13. The molecule has 25 heavy (non-hydrogen) atoms. The largest absolute Gasteiger partial charge is 0.497 e. The molecule has 1 aliphatic heterocycles. The first-order chi connectivity index (χ1) is 11.9. The minimum absolute atomic E-state index is 0.107. The molecule has 1 aromatic carbocycles. The number of carbonyl (C=O) groups excluding carboxylic acids is 1. The summed E-state index contributed by atoms with van der Waals surface area (Å²) in [6.07, 6.45) is 0.747. The van der Waals surface area contributed by atoms with E-state index in [0.717, 1.165) is 18.6 Å². The van der Waals surface area contributed by atoms with Crippen LogP contribution in [0, 0.1) is 5.92 Å². The van der Waals surface area contributed by atoms with Crippen LogP contribution < -0.4 is 4.74 Å². The molecule has 0 radical (unpaired) electrons. The highest BCUT2D eigenvalue weighted by molar-refractivity contribution is 5.83. The Morgan fingerprint density at radius 3 is 2.60 bits per heavy atom. The summed E-state index contributed by atoms with van der Waals surface area (Å²) in [4.78, 5) is 25.5. The predicted molar refractivity (Wildman–Crippen MR) is 91.6 cm³/mol. The smallest absolute Gasteiger partial charge is 0.333 e. The van der Waals surface area contributed by atoms with E-state index in [-0.39, 0.29) is 17.9 Å². The third kappa shape index (κ3) is 3.49. The number of likely N-dealkylation sites (N-methyl/N-ethyl adjacent to an activating group) is 1. The number of rotatable bonds is 5. The van der Waals surface area contributed by atoms with Gasteiger partial charge in [-0.1, -0.05) is 19.1 Å². The Kier molecular flexibility index (Phi) is 4.99. The number of carboxylic acid groups (broad SMARTS) is 1. The average molecular weight is 347 g/mol. The van der Waals surface area contributed by atoms with Crippen LogP contribution in [0.25, 0.3) is 0 Å². The van der Waals surface area contributed by atoms with Gasteiger partial charge in [-0.15, -0.1) is 0 Å². The van der Waals surface area contributed by atoms with Gasteiger partial charge in [0.2, 0.25) is 0 Å². The van der Waals surface area contributed by atoms with E-state index in [0.29, 0.717) is 12.3 Å². The van der Waals surface area contributed by atoms with Crippen LogP contribution in [-0.4, -0.2) is 54.3 Å². The summed E-state index contributed by atoms with van der Waals surface area (Å²) in [7, 11) is 3.44. The van der Waals surface area contributed by atoms with Gasteiger partial charge in [0, 0.05) is 13.1 Å². The molecule has 1 heterocycles. The van der Waals surface area contributed by atoms with Gasteiger partial charge in [-0.25, -0.2) is 4.79 Å². The molecule has 1 amide bonds. The van der Waals surface area contributed by atoms with Crippen molar-refractivity contribution in [3.63, 3.8) is 0 Å². The van der Waals surface area contributed by atoms with Gasteiger partial charge in [-0.05, 0) is 48.8 Å². The van der Waals surface area contributed by atoms with Gasteiger partial charge in [0.25, 0.3) is 5.91 Å². The maximum Gasteiger partial charge on any atom is 0.333 e. The maximum atomic E-state index is 12.6. The van der Waals surface area contributed by atoms with Crippen molar-refractivity contribution in [3.8, 4) is 5.75 Å². The standard InChI is InChI=1S/C19H25NO5/c1-11-7-16(25-17(11)19(22)23)18(21)20(2)14-8-13(9-14)12-5-4-6-15(10-12)24-3/h4-6,10-11,13-14,16-17H,7-9H2,1-3H3,(H,22,23)/t11-,13?,14?,16-,17-/m0/s1. The summed E-state index contributed by atoms with van der Waals surface area (Å²) in [5.41, 5.74) is 1.23. The van der Waals surface area contributed by atoms with E-state index >= 15 is 0 Å². The van der Waals surface area contributed by atoms with E-state index in [2.05, 4.69) is 6.07 Å². The number of amides is 1. The lowest BCUT2D eigenvalue weighted by Crippen LogP contribution is -2.48. The summed E-state index contributed by atoms with van der Waals surface area (Å²) in [6.45, 7) is 1.81. The molecule has 1 aliphatic carbocycles. The zero-order chi connectivity index (χ0) is 18.1. The first-order valence-corrected chi connectivity index (χ1v) is 8.69. The van der Waals surface area contributed by atoms with E-state index in [1.807, 2.05) is 25.1 Å². The Bertz CT molecular complexity index is 655. The molecule has 1 saturated carbocycles. The predicted octanol–water partition coefficient (Wildman–Crippen LogP) is 2.28. The zero-order valence-corrected chi connectivity index (χ0v) is 14.8. The fourth-order valence-electron chi connectivity index (χ4n) is 3.77. The van der Waals surface area contributed by atoms with E-state index < -0.39 is 18.2 Å². The minimum atomic E-state index is -0.993. The summed E-state index contributed by atoms with van der Waals surface area (Å²) in [6, 6.07) is 8.21. The molecule has 136 valence electrons. The van der Waals surface area contributed by atoms with Crippen LogP contribution in [0.2, 0.25) is 0 Å². The van der Waals surface area contributed by atoms with Crippen LogP contribution in [0.5, 0.6) is 5.75 Å². The Morgan fingerprint density at radius 2 is 2.00 bits per heavy atom.